The third-order valence-corrected chi connectivity index (χ3v) is 16.2. The maximum absolute atomic E-state index is 15.0. The minimum Gasteiger partial charge on any atom is -0.507 e. The summed E-state index contributed by atoms with van der Waals surface area (Å²) in [5, 5.41) is 89.4. The van der Waals surface area contributed by atoms with Crippen LogP contribution in [0.5, 0.6) is 17.2 Å². The number of aromatic hydroxyl groups is 2. The average molecular weight is 1170 g/mol. The number of ether oxygens (including phenoxy) is 14. The summed E-state index contributed by atoms with van der Waals surface area (Å²) in [6.07, 6.45) is -25.7. The predicted molar refractivity (Wildman–Crippen MR) is 278 cm³/mol. The summed E-state index contributed by atoms with van der Waals surface area (Å²) in [6, 6.07) is 4.18. The summed E-state index contributed by atoms with van der Waals surface area (Å²) in [6.45, 7) is 13.3. The molecule has 0 radical (unpaired) electrons. The number of rotatable bonds is 18. The van der Waals surface area contributed by atoms with E-state index in [0.717, 1.165) is 0 Å². The van der Waals surface area contributed by atoms with E-state index in [1.807, 2.05) is 0 Å². The van der Waals surface area contributed by atoms with Gasteiger partial charge < -0.3 is 107 Å². The van der Waals surface area contributed by atoms with Crippen molar-refractivity contribution in [3.05, 3.63) is 29.3 Å². The average Bonchev–Trinajstić information content (AvgIpc) is 2.21. The van der Waals surface area contributed by atoms with Crippen LogP contribution in [0.3, 0.4) is 0 Å². The number of carbonyl (C=O) groups is 4. The van der Waals surface area contributed by atoms with E-state index in [1.165, 1.54) is 67.0 Å². The Morgan fingerprint density at radius 2 is 1.23 bits per heavy atom. The lowest BCUT2D eigenvalue weighted by molar-refractivity contribution is -0.334. The molecular formula is C56H80O26. The van der Waals surface area contributed by atoms with E-state index < -0.39 is 188 Å². The number of phenolic OH excluding ortho intramolecular Hbond substituents is 2. The van der Waals surface area contributed by atoms with Crippen molar-refractivity contribution in [2.24, 2.45) is 5.92 Å². The Balaban J connectivity index is 1.01. The van der Waals surface area contributed by atoms with E-state index in [1.54, 1.807) is 27.7 Å². The fourth-order valence-electron chi connectivity index (χ4n) is 12.3. The summed E-state index contributed by atoms with van der Waals surface area (Å²) in [7, 11) is 2.64. The molecule has 5 fully saturated rings. The summed E-state index contributed by atoms with van der Waals surface area (Å²) < 4.78 is 83.8. The van der Waals surface area contributed by atoms with E-state index in [9.17, 15) is 55.2 Å². The number of aliphatic hydroxyl groups is 6. The van der Waals surface area contributed by atoms with Crippen LogP contribution in [0.15, 0.2) is 18.2 Å². The number of ketones is 2. The van der Waals surface area contributed by atoms with Crippen molar-refractivity contribution in [2.75, 3.05) is 14.2 Å². The number of benzene rings is 2. The Hall–Kier alpha value is -4.30. The second-order valence-electron chi connectivity index (χ2n) is 22.7. The second-order valence-corrected chi connectivity index (χ2v) is 22.7. The highest BCUT2D eigenvalue weighted by atomic mass is 16.7. The van der Waals surface area contributed by atoms with Gasteiger partial charge in [0.05, 0.1) is 65.9 Å². The Kier molecular flexibility index (Phi) is 20.3. The van der Waals surface area contributed by atoms with E-state index in [2.05, 4.69) is 0 Å². The smallest absolute Gasteiger partial charge is 0.303 e. The topological polar surface area (TPSA) is 359 Å². The number of fused-ring (bicyclic) bond motifs is 2. The van der Waals surface area contributed by atoms with Gasteiger partial charge in [-0.3, -0.25) is 19.2 Å². The number of esters is 2. The first kappa shape index (κ1) is 63.7. The molecule has 20 unspecified atom stereocenters. The first-order chi connectivity index (χ1) is 38.6. The number of carbonyl (C=O) groups excluding carboxylic acids is 4. The highest BCUT2D eigenvalue weighted by Crippen LogP contribution is 2.46. The van der Waals surface area contributed by atoms with Gasteiger partial charge in [-0.05, 0) is 78.0 Å². The molecule has 1 aliphatic carbocycles. The van der Waals surface area contributed by atoms with Crippen LogP contribution in [-0.2, 0) is 82.4 Å². The van der Waals surface area contributed by atoms with E-state index >= 15 is 4.79 Å². The van der Waals surface area contributed by atoms with E-state index in [-0.39, 0.29) is 66.2 Å². The number of phenols is 2. The van der Waals surface area contributed by atoms with Crippen molar-refractivity contribution in [3.63, 3.8) is 0 Å². The molecule has 0 aromatic heterocycles. The monoisotopic (exact) mass is 1170 g/mol. The molecule has 5 heterocycles. The number of hydrogen-bond acceptors (Lipinski definition) is 26. The molecule has 8 rings (SSSR count). The zero-order valence-electron chi connectivity index (χ0n) is 47.8. The van der Waals surface area contributed by atoms with Gasteiger partial charge in [0, 0.05) is 72.2 Å². The van der Waals surface area contributed by atoms with Crippen LogP contribution in [0.2, 0.25) is 0 Å². The summed E-state index contributed by atoms with van der Waals surface area (Å²) >= 11 is 0. The van der Waals surface area contributed by atoms with Crippen molar-refractivity contribution in [2.45, 2.75) is 248 Å². The maximum atomic E-state index is 15.0. The lowest BCUT2D eigenvalue weighted by atomic mass is 9.75. The molecular weight excluding hydrogens is 1090 g/mol. The SMILES string of the molecule is COC1C(O)CC(OC2C(C)OC(Oc3cc(O)c4c(O)c5c(cc4c3)C[C@@H]([C@H](OC)C(=O)[C@@H](O)[C@@H](C)O)[C@H](OC3CC(OC4CC(OC6CC(C)(O)C(OC(C)=O)C(C)O6)C(O)C(C)O4)C(O)C(C)O3)C5=O)CC2OC(C)=O)OC1C. The first-order valence-corrected chi connectivity index (χ1v) is 27.8. The molecule has 8 N–H and O–H groups in total. The van der Waals surface area contributed by atoms with Crippen molar-refractivity contribution in [1.29, 1.82) is 0 Å². The molecule has 5 aliphatic heterocycles. The third-order valence-electron chi connectivity index (χ3n) is 16.2. The largest absolute Gasteiger partial charge is 0.507 e. The molecule has 6 aliphatic rings. The van der Waals surface area contributed by atoms with Crippen LogP contribution < -0.4 is 4.74 Å². The lowest BCUT2D eigenvalue weighted by Gasteiger charge is -2.46. The van der Waals surface area contributed by atoms with Crippen molar-refractivity contribution in [3.8, 4) is 17.2 Å². The van der Waals surface area contributed by atoms with Gasteiger partial charge in [0.25, 0.3) is 0 Å². The van der Waals surface area contributed by atoms with Crippen LogP contribution in [0.1, 0.15) is 110 Å². The third kappa shape index (κ3) is 13.8. The number of aliphatic hydroxyl groups excluding tert-OH is 5. The molecule has 0 spiro atoms. The van der Waals surface area contributed by atoms with Gasteiger partial charge in [-0.2, -0.15) is 0 Å². The zero-order valence-corrected chi connectivity index (χ0v) is 47.8. The molecule has 0 amide bonds. The molecule has 26 heteroatoms. The Morgan fingerprint density at radius 3 is 1.80 bits per heavy atom. The van der Waals surface area contributed by atoms with Crippen LogP contribution in [0.4, 0.5) is 0 Å². The summed E-state index contributed by atoms with van der Waals surface area (Å²) in [4.78, 5) is 53.1. The highest BCUT2D eigenvalue weighted by molar-refractivity contribution is 6.11. The molecule has 82 heavy (non-hydrogen) atoms. The first-order valence-electron chi connectivity index (χ1n) is 27.8. The predicted octanol–water partition coefficient (Wildman–Crippen LogP) is 1.24. The molecule has 5 saturated heterocycles. The second kappa shape index (κ2) is 26.1. The summed E-state index contributed by atoms with van der Waals surface area (Å²) in [5.74, 6) is -5.45. The van der Waals surface area contributed by atoms with Gasteiger partial charge in [-0.25, -0.2) is 0 Å². The molecule has 0 bridgehead atoms. The van der Waals surface area contributed by atoms with Crippen LogP contribution in [-0.4, -0.2) is 225 Å². The molecule has 26 nitrogen and oxygen atoms in total. The Labute approximate surface area is 473 Å². The van der Waals surface area contributed by atoms with Crippen LogP contribution in [0, 0.1) is 5.92 Å². The normalized spacial score (nSPS) is 40.1. The van der Waals surface area contributed by atoms with Gasteiger partial charge in [0.1, 0.15) is 71.7 Å². The highest BCUT2D eigenvalue weighted by Gasteiger charge is 2.52. The van der Waals surface area contributed by atoms with Crippen LogP contribution in [0.25, 0.3) is 10.8 Å². The zero-order chi connectivity index (χ0) is 60.0. The number of Topliss-reactive ketones (excluding diaryl/α,β-unsaturated/α-hetero) is 2. The standard InChI is InChI=1S/C56H80O26/c1-21(57)45(62)50(67)53(70-11)32-14-30-12-29-13-31(78-39-19-37(76-27(7)58)52(25(5)74-39)81-38-16-34(61)51(69-10)24(4)73-38)15-33(60)43(29)48(65)44(30)49(66)54(32)82-41-18-35(46(63)23(3)72-41)79-40-17-36(47(64)22(2)71-40)80-42-20-56(9,68)55(26(6)75-42)77-28(8)59/h12-13,15,21-26,32,34-42,45-47,51-55,57,60-65,68H,14,16-20H2,1-11H3/t21-,22?,23?,24?,25?,26?,32+,34?,35?,36?,37?,38?,39?,40?,41?,42?,45+,46?,47?,51?,52?,53+,54+,55?,56?/m1/s1. The molecule has 2 aromatic carbocycles. The number of methoxy groups -OCH3 is 2. The molecule has 0 saturated carbocycles. The van der Waals surface area contributed by atoms with Gasteiger partial charge in [0.15, 0.2) is 42.8 Å². The molecule has 2 aromatic rings. The van der Waals surface area contributed by atoms with Gasteiger partial charge in [-0.15, -0.1) is 0 Å². The van der Waals surface area contributed by atoms with Crippen molar-refractivity contribution < 1.29 is 126 Å². The fourth-order valence-corrected chi connectivity index (χ4v) is 12.3. The van der Waals surface area contributed by atoms with Gasteiger partial charge in [-0.1, -0.05) is 0 Å². The van der Waals surface area contributed by atoms with Crippen molar-refractivity contribution in [1.82, 2.24) is 0 Å². The Bertz CT molecular complexity index is 2570. The van der Waals surface area contributed by atoms with Gasteiger partial charge in [0.2, 0.25) is 6.29 Å². The number of hydrogen-bond donors (Lipinski definition) is 8. The lowest BCUT2D eigenvalue weighted by Crippen LogP contribution is -2.59. The fraction of sp³-hybridized carbons (Fsp3) is 0.750. The minimum atomic E-state index is -1.96. The Morgan fingerprint density at radius 1 is 0.683 bits per heavy atom. The molecule has 25 atom stereocenters. The summed E-state index contributed by atoms with van der Waals surface area (Å²) in [5.41, 5.74) is -1.65. The maximum Gasteiger partial charge on any atom is 0.303 e. The minimum absolute atomic E-state index is 0.0400. The van der Waals surface area contributed by atoms with Crippen molar-refractivity contribution >= 4 is 34.3 Å². The van der Waals surface area contributed by atoms with Gasteiger partial charge >= 0.3 is 11.9 Å². The quantitative estimate of drug-likeness (QED) is 0.0973. The van der Waals surface area contributed by atoms with E-state index in [0.29, 0.717) is 0 Å². The molecule has 460 valence electrons. The van der Waals surface area contributed by atoms with E-state index in [4.69, 9.17) is 66.3 Å². The van der Waals surface area contributed by atoms with Crippen LogP contribution >= 0.6 is 0 Å².